The highest BCUT2D eigenvalue weighted by atomic mass is 14.7. The van der Waals surface area contributed by atoms with Crippen LogP contribution >= 0.6 is 0 Å². The summed E-state index contributed by atoms with van der Waals surface area (Å²) in [6, 6.07) is 74.7. The molecule has 312 valence electrons. The molecule has 0 spiro atoms. The van der Waals surface area contributed by atoms with Gasteiger partial charge in [0.2, 0.25) is 0 Å². The average Bonchev–Trinajstić information content (AvgIpc) is 3.40. The van der Waals surface area contributed by atoms with E-state index in [2.05, 4.69) is 173 Å². The van der Waals surface area contributed by atoms with E-state index in [9.17, 15) is 0 Å². The molecule has 0 aliphatic heterocycles. The molecular weight excluding hydrogens is 787 g/mol. The van der Waals surface area contributed by atoms with E-state index in [1.807, 2.05) is 60.9 Å². The van der Waals surface area contributed by atoms with Crippen molar-refractivity contribution in [3.63, 3.8) is 0 Å². The van der Waals surface area contributed by atoms with E-state index in [4.69, 9.17) is 4.11 Å². The van der Waals surface area contributed by atoms with E-state index in [1.54, 1.807) is 6.07 Å². The maximum absolute atomic E-state index is 7.90. The summed E-state index contributed by atoms with van der Waals surface area (Å²) in [6.07, 6.45) is 8.76. The number of hydrogen-bond acceptors (Lipinski definition) is 3. The largest absolute Gasteiger partial charge is 0.256 e. The van der Waals surface area contributed by atoms with Gasteiger partial charge in [-0.05, 0) is 141 Å². The standard InChI is InChI=1S/C62H49N3/c1-44-17-36-62(65-43-44)54-34-35-58(59(42-54)51-32-30-50(31-33-51)49-11-3-2-4-12-49)57-14-6-5-13-56(57)55-40-47(20-18-45-22-26-52(27-23-45)60-15-7-9-37-63-60)39-48(41-55)21-19-46-24-28-53(29-25-46)61-16-8-10-38-64-61/h2-17,22-43H,18-21H2,1H3/i1D3. The van der Waals surface area contributed by atoms with E-state index in [0.717, 1.165) is 98.4 Å². The van der Waals surface area contributed by atoms with E-state index in [-0.39, 0.29) is 5.56 Å². The SMILES string of the molecule is [2H]C([2H])([2H])c1ccc(-c2ccc(-c3ccccc3-c3cc(CCc4ccc(-c5ccccn5)cc4)cc(CCc4ccc(-c5ccccn5)cc4)c3)c(-c3ccc(-c4ccccc4)cc3)c2)nc1. The Labute approximate surface area is 387 Å². The molecule has 0 radical (unpaired) electrons. The quantitative estimate of drug-likeness (QED) is 0.116. The van der Waals surface area contributed by atoms with Gasteiger partial charge in [-0.15, -0.1) is 0 Å². The molecule has 3 nitrogen and oxygen atoms in total. The lowest BCUT2D eigenvalue weighted by molar-refractivity contribution is 0.931. The summed E-state index contributed by atoms with van der Waals surface area (Å²) in [4.78, 5) is 13.7. The molecule has 3 heteroatoms. The van der Waals surface area contributed by atoms with Gasteiger partial charge in [0.25, 0.3) is 0 Å². The van der Waals surface area contributed by atoms with E-state index >= 15 is 0 Å². The van der Waals surface area contributed by atoms with Gasteiger partial charge in [0.1, 0.15) is 0 Å². The molecule has 10 rings (SSSR count). The zero-order chi connectivity index (χ0) is 46.3. The fourth-order valence-corrected chi connectivity index (χ4v) is 8.72. The van der Waals surface area contributed by atoms with Gasteiger partial charge in [0, 0.05) is 39.4 Å². The Bertz CT molecular complexity index is 3160. The molecule has 3 aromatic heterocycles. The molecule has 0 saturated heterocycles. The summed E-state index contributed by atoms with van der Waals surface area (Å²) in [5, 5.41) is 0. The van der Waals surface area contributed by atoms with Crippen molar-refractivity contribution in [1.82, 2.24) is 15.0 Å². The maximum Gasteiger partial charge on any atom is 0.0702 e. The third-order valence-electron chi connectivity index (χ3n) is 12.2. The zero-order valence-corrected chi connectivity index (χ0v) is 36.1. The molecule has 65 heavy (non-hydrogen) atoms. The van der Waals surface area contributed by atoms with Gasteiger partial charge in [-0.2, -0.15) is 0 Å². The van der Waals surface area contributed by atoms with Crippen LogP contribution in [-0.2, 0) is 25.7 Å². The second-order valence-electron chi connectivity index (χ2n) is 16.5. The first-order chi connectivity index (χ1) is 33.3. The monoisotopic (exact) mass is 838 g/mol. The normalized spacial score (nSPS) is 12.0. The number of benzene rings is 7. The van der Waals surface area contributed by atoms with Gasteiger partial charge in [0.15, 0.2) is 0 Å². The van der Waals surface area contributed by atoms with Gasteiger partial charge in [0.05, 0.1) is 17.1 Å². The van der Waals surface area contributed by atoms with E-state index < -0.39 is 6.85 Å². The predicted octanol–water partition coefficient (Wildman–Crippen LogP) is 15.4. The number of rotatable bonds is 13. The highest BCUT2D eigenvalue weighted by Crippen LogP contribution is 2.41. The van der Waals surface area contributed by atoms with Crippen molar-refractivity contribution < 1.29 is 4.11 Å². The molecule has 0 N–H and O–H groups in total. The van der Waals surface area contributed by atoms with Gasteiger partial charge in [-0.3, -0.25) is 15.0 Å². The first kappa shape index (κ1) is 37.5. The van der Waals surface area contributed by atoms with Crippen molar-refractivity contribution in [1.29, 1.82) is 0 Å². The lowest BCUT2D eigenvalue weighted by Gasteiger charge is -2.18. The average molecular weight is 839 g/mol. The van der Waals surface area contributed by atoms with Crippen LogP contribution in [0.1, 0.15) is 31.9 Å². The Morgan fingerprint density at radius 3 is 1.37 bits per heavy atom. The topological polar surface area (TPSA) is 38.7 Å². The number of pyridine rings is 3. The zero-order valence-electron chi connectivity index (χ0n) is 39.1. The summed E-state index contributed by atoms with van der Waals surface area (Å²) in [6.45, 7) is -2.22. The van der Waals surface area contributed by atoms with Crippen LogP contribution in [0.4, 0.5) is 0 Å². The van der Waals surface area contributed by atoms with Crippen LogP contribution in [0.5, 0.6) is 0 Å². The summed E-state index contributed by atoms with van der Waals surface area (Å²) in [5.74, 6) is 0. The minimum absolute atomic E-state index is 0.224. The molecule has 3 heterocycles. The Kier molecular flexibility index (Phi) is 11.1. The van der Waals surface area contributed by atoms with Gasteiger partial charge in [-0.1, -0.05) is 176 Å². The Hall–Kier alpha value is -8.01. The summed E-state index contributed by atoms with van der Waals surface area (Å²) in [5.41, 5.74) is 20.2. The molecule has 7 aromatic carbocycles. The number of hydrogen-bond donors (Lipinski definition) is 0. The van der Waals surface area contributed by atoms with Gasteiger partial charge >= 0.3 is 0 Å². The minimum atomic E-state index is -2.22. The maximum atomic E-state index is 7.90. The first-order valence-corrected chi connectivity index (χ1v) is 22.3. The Morgan fingerprint density at radius 2 is 0.800 bits per heavy atom. The van der Waals surface area contributed by atoms with Crippen molar-refractivity contribution in [2.24, 2.45) is 0 Å². The Morgan fingerprint density at radius 1 is 0.308 bits per heavy atom. The minimum Gasteiger partial charge on any atom is -0.256 e. The van der Waals surface area contributed by atoms with Crippen molar-refractivity contribution in [3.8, 4) is 78.3 Å². The van der Waals surface area contributed by atoms with Crippen LogP contribution in [0.2, 0.25) is 0 Å². The molecular formula is C62H49N3. The van der Waals surface area contributed by atoms with Crippen molar-refractivity contribution in [3.05, 3.63) is 259 Å². The van der Waals surface area contributed by atoms with Gasteiger partial charge < -0.3 is 0 Å². The molecule has 0 aliphatic carbocycles. The van der Waals surface area contributed by atoms with Crippen LogP contribution in [0.25, 0.3) is 78.3 Å². The molecule has 0 atom stereocenters. The second-order valence-corrected chi connectivity index (χ2v) is 16.5. The summed E-state index contributed by atoms with van der Waals surface area (Å²) in [7, 11) is 0. The third-order valence-corrected chi connectivity index (χ3v) is 12.2. The molecule has 10 aromatic rings. The lowest BCUT2D eigenvalue weighted by atomic mass is 9.86. The predicted molar refractivity (Wildman–Crippen MR) is 270 cm³/mol. The summed E-state index contributed by atoms with van der Waals surface area (Å²) < 4.78 is 23.7. The van der Waals surface area contributed by atoms with Crippen molar-refractivity contribution >= 4 is 0 Å². The van der Waals surface area contributed by atoms with E-state index in [0.29, 0.717) is 0 Å². The molecule has 0 saturated carbocycles. The molecule has 0 amide bonds. The number of aromatic nitrogens is 3. The highest BCUT2D eigenvalue weighted by Gasteiger charge is 2.16. The smallest absolute Gasteiger partial charge is 0.0702 e. The first-order valence-electron chi connectivity index (χ1n) is 23.8. The van der Waals surface area contributed by atoms with Crippen molar-refractivity contribution in [2.75, 3.05) is 0 Å². The highest BCUT2D eigenvalue weighted by molar-refractivity contribution is 5.93. The van der Waals surface area contributed by atoms with E-state index in [1.165, 1.54) is 34.0 Å². The Balaban J connectivity index is 1.02. The number of aryl methyl sites for hydroxylation is 5. The molecule has 0 unspecified atom stereocenters. The fourth-order valence-electron chi connectivity index (χ4n) is 8.72. The molecule has 0 aliphatic rings. The molecule has 0 bridgehead atoms. The van der Waals surface area contributed by atoms with Crippen LogP contribution in [0, 0.1) is 6.85 Å². The van der Waals surface area contributed by atoms with Crippen LogP contribution in [-0.4, -0.2) is 15.0 Å². The van der Waals surface area contributed by atoms with Crippen LogP contribution < -0.4 is 0 Å². The van der Waals surface area contributed by atoms with Crippen LogP contribution in [0.3, 0.4) is 0 Å². The fraction of sp³-hybridized carbons (Fsp3) is 0.0806. The van der Waals surface area contributed by atoms with Crippen molar-refractivity contribution in [2.45, 2.75) is 32.5 Å². The summed E-state index contributed by atoms with van der Waals surface area (Å²) >= 11 is 0. The third kappa shape index (κ3) is 9.66. The van der Waals surface area contributed by atoms with Crippen LogP contribution in [0.15, 0.2) is 231 Å². The van der Waals surface area contributed by atoms with Gasteiger partial charge in [-0.25, -0.2) is 0 Å². The second kappa shape index (κ2) is 19.2. The number of nitrogens with zero attached hydrogens (tertiary/aromatic N) is 3. The lowest BCUT2D eigenvalue weighted by Crippen LogP contribution is -1.98. The molecule has 0 fully saturated rings.